The van der Waals surface area contributed by atoms with Crippen LogP contribution in [0.3, 0.4) is 0 Å². The minimum Gasteiger partial charge on any atom is -0.465 e. The maximum absolute atomic E-state index is 11.8. The fraction of sp³-hybridized carbons (Fsp3) is 0.933. The van der Waals surface area contributed by atoms with Crippen LogP contribution in [0.25, 0.3) is 0 Å². The van der Waals surface area contributed by atoms with Crippen LogP contribution in [0.5, 0.6) is 0 Å². The predicted molar refractivity (Wildman–Crippen MR) is 74.3 cm³/mol. The third-order valence-electron chi connectivity index (χ3n) is 3.86. The number of ether oxygens (including phenoxy) is 1. The minimum absolute atomic E-state index is 0.0239. The molecule has 0 radical (unpaired) electrons. The van der Waals surface area contributed by atoms with E-state index in [4.69, 9.17) is 10.5 Å². The van der Waals surface area contributed by atoms with Crippen molar-refractivity contribution in [2.24, 2.45) is 11.7 Å². The summed E-state index contributed by atoms with van der Waals surface area (Å²) in [5, 5.41) is 0. The van der Waals surface area contributed by atoms with Gasteiger partial charge in [0, 0.05) is 6.04 Å². The Labute approximate surface area is 111 Å². The number of hydrogen-bond acceptors (Lipinski definition) is 3. The minimum atomic E-state index is -0.0595. The molecule has 0 spiro atoms. The van der Waals surface area contributed by atoms with E-state index in [0.717, 1.165) is 32.1 Å². The van der Waals surface area contributed by atoms with Crippen LogP contribution < -0.4 is 5.73 Å². The number of carbonyl (C=O) groups excluding carboxylic acids is 1. The Bertz CT molecular complexity index is 231. The van der Waals surface area contributed by atoms with Crippen molar-refractivity contribution in [2.45, 2.75) is 77.2 Å². The van der Waals surface area contributed by atoms with Gasteiger partial charge in [0.15, 0.2) is 0 Å². The van der Waals surface area contributed by atoms with E-state index >= 15 is 0 Å². The quantitative estimate of drug-likeness (QED) is 0.534. The Hall–Kier alpha value is -0.570. The van der Waals surface area contributed by atoms with Gasteiger partial charge in [-0.1, -0.05) is 51.9 Å². The van der Waals surface area contributed by atoms with Crippen molar-refractivity contribution in [2.75, 3.05) is 6.61 Å². The van der Waals surface area contributed by atoms with Crippen LogP contribution in [0.4, 0.5) is 0 Å². The molecule has 2 atom stereocenters. The van der Waals surface area contributed by atoms with E-state index in [1.807, 2.05) is 0 Å². The first-order valence-electron chi connectivity index (χ1n) is 7.68. The van der Waals surface area contributed by atoms with Crippen molar-refractivity contribution in [3.63, 3.8) is 0 Å². The second-order valence-electron chi connectivity index (χ2n) is 5.49. The van der Waals surface area contributed by atoms with Gasteiger partial charge in [-0.2, -0.15) is 0 Å². The van der Waals surface area contributed by atoms with E-state index < -0.39 is 0 Å². The van der Waals surface area contributed by atoms with Gasteiger partial charge in [0.25, 0.3) is 0 Å². The lowest BCUT2D eigenvalue weighted by molar-refractivity contribution is -0.150. The first kappa shape index (κ1) is 15.5. The highest BCUT2D eigenvalue weighted by Gasteiger charge is 2.29. The van der Waals surface area contributed by atoms with E-state index in [2.05, 4.69) is 6.92 Å². The summed E-state index contributed by atoms with van der Waals surface area (Å²) in [5.74, 6) is -0.102. The summed E-state index contributed by atoms with van der Waals surface area (Å²) in [7, 11) is 0. The van der Waals surface area contributed by atoms with Gasteiger partial charge in [0.05, 0.1) is 12.5 Å². The molecule has 3 nitrogen and oxygen atoms in total. The van der Waals surface area contributed by atoms with E-state index in [1.54, 1.807) is 0 Å². The van der Waals surface area contributed by atoms with E-state index in [1.165, 1.54) is 32.1 Å². The second kappa shape index (κ2) is 9.37. The zero-order valence-corrected chi connectivity index (χ0v) is 11.8. The molecule has 0 saturated heterocycles. The molecule has 0 bridgehead atoms. The van der Waals surface area contributed by atoms with E-state index in [0.29, 0.717) is 6.61 Å². The molecule has 1 aliphatic carbocycles. The zero-order valence-electron chi connectivity index (χ0n) is 11.8. The van der Waals surface area contributed by atoms with Crippen LogP contribution in [-0.4, -0.2) is 18.6 Å². The summed E-state index contributed by atoms with van der Waals surface area (Å²) >= 11 is 0. The highest BCUT2D eigenvalue weighted by Crippen LogP contribution is 2.24. The van der Waals surface area contributed by atoms with Gasteiger partial charge in [-0.25, -0.2) is 0 Å². The number of hydrogen-bond donors (Lipinski definition) is 1. The molecule has 1 aliphatic rings. The molecule has 0 aliphatic heterocycles. The van der Waals surface area contributed by atoms with Crippen LogP contribution in [0.1, 0.15) is 71.1 Å². The Morgan fingerprint density at radius 1 is 1.11 bits per heavy atom. The normalized spacial score (nSPS) is 23.9. The van der Waals surface area contributed by atoms with Crippen molar-refractivity contribution in [1.82, 2.24) is 0 Å². The third-order valence-corrected chi connectivity index (χ3v) is 3.86. The summed E-state index contributed by atoms with van der Waals surface area (Å²) in [5.41, 5.74) is 5.96. The summed E-state index contributed by atoms with van der Waals surface area (Å²) in [4.78, 5) is 11.8. The molecule has 1 saturated carbocycles. The fourth-order valence-electron chi connectivity index (χ4n) is 2.61. The molecule has 0 aromatic heterocycles. The second-order valence-corrected chi connectivity index (χ2v) is 5.49. The number of carbonyl (C=O) groups is 1. The maximum Gasteiger partial charge on any atom is 0.310 e. The van der Waals surface area contributed by atoms with Gasteiger partial charge in [-0.15, -0.1) is 0 Å². The molecule has 3 heteroatoms. The Balaban J connectivity index is 2.02. The predicted octanol–water partition coefficient (Wildman–Crippen LogP) is 3.41. The van der Waals surface area contributed by atoms with Crippen LogP contribution in [0.2, 0.25) is 0 Å². The molecule has 2 unspecified atom stereocenters. The molecule has 18 heavy (non-hydrogen) atoms. The first-order chi connectivity index (χ1) is 8.75. The summed E-state index contributed by atoms with van der Waals surface area (Å²) < 4.78 is 5.34. The van der Waals surface area contributed by atoms with Crippen molar-refractivity contribution in [3.8, 4) is 0 Å². The molecule has 2 N–H and O–H groups in total. The van der Waals surface area contributed by atoms with Crippen molar-refractivity contribution < 1.29 is 9.53 Å². The third kappa shape index (κ3) is 5.85. The van der Waals surface area contributed by atoms with E-state index in [9.17, 15) is 4.79 Å². The first-order valence-corrected chi connectivity index (χ1v) is 7.68. The van der Waals surface area contributed by atoms with Gasteiger partial charge in [-0.05, 0) is 19.3 Å². The Morgan fingerprint density at radius 2 is 1.78 bits per heavy atom. The summed E-state index contributed by atoms with van der Waals surface area (Å²) in [6.45, 7) is 2.80. The lowest BCUT2D eigenvalue weighted by Gasteiger charge is -2.26. The van der Waals surface area contributed by atoms with Crippen LogP contribution >= 0.6 is 0 Å². The van der Waals surface area contributed by atoms with Gasteiger partial charge in [0.1, 0.15) is 0 Å². The van der Waals surface area contributed by atoms with Crippen molar-refractivity contribution in [1.29, 1.82) is 0 Å². The van der Waals surface area contributed by atoms with Crippen LogP contribution in [0, 0.1) is 5.92 Å². The number of unbranched alkanes of at least 4 members (excludes halogenated alkanes) is 5. The SMILES string of the molecule is CCCCCCCCOC(=O)C1CCCCC1N. The molecule has 1 rings (SSSR count). The highest BCUT2D eigenvalue weighted by atomic mass is 16.5. The molecule has 106 valence electrons. The smallest absolute Gasteiger partial charge is 0.310 e. The standard InChI is InChI=1S/C15H29NO2/c1-2-3-4-5-6-9-12-18-15(17)13-10-7-8-11-14(13)16/h13-14H,2-12,16H2,1H3. The lowest BCUT2D eigenvalue weighted by atomic mass is 9.85. The molecular weight excluding hydrogens is 226 g/mol. The number of rotatable bonds is 8. The Kier molecular flexibility index (Phi) is 8.06. The monoisotopic (exact) mass is 255 g/mol. The average molecular weight is 255 g/mol. The average Bonchev–Trinajstić information content (AvgIpc) is 2.38. The number of nitrogens with two attached hydrogens (primary N) is 1. The Morgan fingerprint density at radius 3 is 2.50 bits per heavy atom. The maximum atomic E-state index is 11.8. The van der Waals surface area contributed by atoms with Gasteiger partial charge >= 0.3 is 5.97 Å². The van der Waals surface area contributed by atoms with Gasteiger partial charge < -0.3 is 10.5 Å². The molecule has 0 amide bonds. The topological polar surface area (TPSA) is 52.3 Å². The number of esters is 1. The molecule has 0 aromatic carbocycles. The van der Waals surface area contributed by atoms with Gasteiger partial charge in [-0.3, -0.25) is 4.79 Å². The fourth-order valence-corrected chi connectivity index (χ4v) is 2.61. The zero-order chi connectivity index (χ0) is 13.2. The summed E-state index contributed by atoms with van der Waals surface area (Å²) in [6, 6.07) is 0.0239. The molecular formula is C15H29NO2. The van der Waals surface area contributed by atoms with Crippen LogP contribution in [0.15, 0.2) is 0 Å². The van der Waals surface area contributed by atoms with Crippen molar-refractivity contribution in [3.05, 3.63) is 0 Å². The molecule has 1 fully saturated rings. The van der Waals surface area contributed by atoms with Crippen LogP contribution in [-0.2, 0) is 9.53 Å². The van der Waals surface area contributed by atoms with Gasteiger partial charge in [0.2, 0.25) is 0 Å². The van der Waals surface area contributed by atoms with Crippen molar-refractivity contribution >= 4 is 5.97 Å². The van der Waals surface area contributed by atoms with E-state index in [-0.39, 0.29) is 17.9 Å². The summed E-state index contributed by atoms with van der Waals surface area (Å²) in [6.07, 6.45) is 11.5. The molecule has 0 heterocycles. The highest BCUT2D eigenvalue weighted by molar-refractivity contribution is 5.73. The largest absolute Gasteiger partial charge is 0.465 e. The molecule has 0 aromatic rings. The lowest BCUT2D eigenvalue weighted by Crippen LogP contribution is -2.39.